The van der Waals surface area contributed by atoms with Crippen LogP contribution >= 0.6 is 0 Å². The van der Waals surface area contributed by atoms with Gasteiger partial charge in [-0.3, -0.25) is 20.4 Å². The second-order valence-electron chi connectivity index (χ2n) is 5.93. The largest absolute Gasteiger partial charge is 0.478 e. The van der Waals surface area contributed by atoms with Gasteiger partial charge in [0, 0.05) is 5.56 Å². The summed E-state index contributed by atoms with van der Waals surface area (Å²) in [5, 5.41) is 0. The summed E-state index contributed by atoms with van der Waals surface area (Å²) in [6, 6.07) is 13.0. The molecule has 0 saturated carbocycles. The van der Waals surface area contributed by atoms with Crippen LogP contribution in [0.2, 0.25) is 0 Å². The van der Waals surface area contributed by atoms with Gasteiger partial charge in [0.1, 0.15) is 0 Å². The normalized spacial score (nSPS) is 11.5. The lowest BCUT2D eigenvalue weighted by Gasteiger charge is -2.15. The number of carbonyl (C=O) groups is 2. The summed E-state index contributed by atoms with van der Waals surface area (Å²) < 4.78 is 18.8. The van der Waals surface area contributed by atoms with E-state index in [0.29, 0.717) is 5.56 Å². The molecule has 2 aromatic carbocycles. The smallest absolute Gasteiger partial charge is 0.279 e. The lowest BCUT2D eigenvalue weighted by atomic mass is 10.1. The Hall–Kier alpha value is -2.89. The highest BCUT2D eigenvalue weighted by Crippen LogP contribution is 2.16. The predicted molar refractivity (Wildman–Crippen MR) is 97.2 cm³/mol. The standard InChI is InChI=1S/C20H23FN2O3/c1-3-4-7-15-10-12-16(13-11-15)20(25)23-22-19(24)14(2)26-18-9-6-5-8-17(18)21/h5-6,8-14H,3-4,7H2,1-2H3,(H,22,24)(H,23,25)/t14-/m0/s1. The van der Waals surface area contributed by atoms with Crippen molar-refractivity contribution in [1.29, 1.82) is 0 Å². The van der Waals surface area contributed by atoms with Gasteiger partial charge in [-0.1, -0.05) is 37.6 Å². The van der Waals surface area contributed by atoms with Gasteiger partial charge in [-0.05, 0) is 49.6 Å². The van der Waals surface area contributed by atoms with Crippen LogP contribution in [0.3, 0.4) is 0 Å². The van der Waals surface area contributed by atoms with E-state index in [4.69, 9.17) is 4.74 Å². The van der Waals surface area contributed by atoms with E-state index in [9.17, 15) is 14.0 Å². The number of ether oxygens (including phenoxy) is 1. The third kappa shape index (κ3) is 5.58. The first-order chi connectivity index (χ1) is 12.5. The third-order valence-corrected chi connectivity index (χ3v) is 3.84. The number of nitrogens with one attached hydrogen (secondary N) is 2. The number of amides is 2. The topological polar surface area (TPSA) is 67.4 Å². The zero-order chi connectivity index (χ0) is 18.9. The van der Waals surface area contributed by atoms with E-state index in [0.717, 1.165) is 19.3 Å². The molecule has 0 saturated heterocycles. The predicted octanol–water partition coefficient (Wildman–Crippen LogP) is 3.40. The van der Waals surface area contributed by atoms with Crippen molar-refractivity contribution in [2.24, 2.45) is 0 Å². The molecule has 26 heavy (non-hydrogen) atoms. The quantitative estimate of drug-likeness (QED) is 0.746. The summed E-state index contributed by atoms with van der Waals surface area (Å²) in [5.41, 5.74) is 6.22. The van der Waals surface area contributed by atoms with E-state index < -0.39 is 23.7 Å². The van der Waals surface area contributed by atoms with Gasteiger partial charge >= 0.3 is 0 Å². The number of hydrazine groups is 1. The minimum Gasteiger partial charge on any atom is -0.478 e. The van der Waals surface area contributed by atoms with Crippen molar-refractivity contribution in [3.05, 3.63) is 65.5 Å². The molecule has 6 heteroatoms. The van der Waals surface area contributed by atoms with Crippen molar-refractivity contribution in [3.63, 3.8) is 0 Å². The fourth-order valence-corrected chi connectivity index (χ4v) is 2.28. The fourth-order valence-electron chi connectivity index (χ4n) is 2.28. The molecule has 2 aromatic rings. The molecule has 0 aliphatic rings. The van der Waals surface area contributed by atoms with Crippen molar-refractivity contribution < 1.29 is 18.7 Å². The van der Waals surface area contributed by atoms with E-state index >= 15 is 0 Å². The molecule has 0 spiro atoms. The number of para-hydroxylation sites is 1. The highest BCUT2D eigenvalue weighted by molar-refractivity contribution is 5.95. The van der Waals surface area contributed by atoms with E-state index in [-0.39, 0.29) is 5.75 Å². The molecular formula is C20H23FN2O3. The second-order valence-corrected chi connectivity index (χ2v) is 5.93. The number of unbranched alkanes of at least 4 members (excludes halogenated alkanes) is 1. The molecule has 5 nitrogen and oxygen atoms in total. The van der Waals surface area contributed by atoms with Gasteiger partial charge in [0.2, 0.25) is 0 Å². The molecule has 2 N–H and O–H groups in total. The van der Waals surface area contributed by atoms with Gasteiger partial charge in [-0.15, -0.1) is 0 Å². The zero-order valence-corrected chi connectivity index (χ0v) is 14.9. The number of benzene rings is 2. The molecule has 0 unspecified atom stereocenters. The van der Waals surface area contributed by atoms with Crippen LogP contribution in [0.5, 0.6) is 5.75 Å². The molecule has 0 aliphatic carbocycles. The van der Waals surface area contributed by atoms with Crippen LogP contribution in [0.25, 0.3) is 0 Å². The first kappa shape index (κ1) is 19.4. The Morgan fingerprint density at radius 2 is 1.77 bits per heavy atom. The SMILES string of the molecule is CCCCc1ccc(C(=O)NNC(=O)[C@H](C)Oc2ccccc2F)cc1. The summed E-state index contributed by atoms with van der Waals surface area (Å²) in [4.78, 5) is 24.1. The number of hydrogen-bond donors (Lipinski definition) is 2. The monoisotopic (exact) mass is 358 g/mol. The minimum atomic E-state index is -0.969. The van der Waals surface area contributed by atoms with Gasteiger partial charge < -0.3 is 4.74 Å². The van der Waals surface area contributed by atoms with Crippen molar-refractivity contribution >= 4 is 11.8 Å². The van der Waals surface area contributed by atoms with Gasteiger partial charge in [0.15, 0.2) is 17.7 Å². The molecule has 2 amide bonds. The van der Waals surface area contributed by atoms with Crippen LogP contribution in [0.1, 0.15) is 42.6 Å². The average Bonchev–Trinajstić information content (AvgIpc) is 2.66. The number of aryl methyl sites for hydroxylation is 1. The van der Waals surface area contributed by atoms with E-state index in [1.54, 1.807) is 18.2 Å². The molecule has 0 heterocycles. The highest BCUT2D eigenvalue weighted by atomic mass is 19.1. The lowest BCUT2D eigenvalue weighted by Crippen LogP contribution is -2.47. The van der Waals surface area contributed by atoms with Crippen LogP contribution in [-0.4, -0.2) is 17.9 Å². The fraction of sp³-hybridized carbons (Fsp3) is 0.300. The Labute approximate surface area is 152 Å². The summed E-state index contributed by atoms with van der Waals surface area (Å²) in [6.07, 6.45) is 2.21. The van der Waals surface area contributed by atoms with E-state index in [1.165, 1.54) is 30.7 Å². The molecule has 0 aromatic heterocycles. The molecular weight excluding hydrogens is 335 g/mol. The average molecular weight is 358 g/mol. The summed E-state index contributed by atoms with van der Waals surface area (Å²) in [6.45, 7) is 3.60. The van der Waals surface area contributed by atoms with Crippen LogP contribution in [-0.2, 0) is 11.2 Å². The maximum absolute atomic E-state index is 13.5. The lowest BCUT2D eigenvalue weighted by molar-refractivity contribution is -0.128. The zero-order valence-electron chi connectivity index (χ0n) is 14.9. The molecule has 0 aliphatic heterocycles. The Morgan fingerprint density at radius 1 is 1.08 bits per heavy atom. The first-order valence-corrected chi connectivity index (χ1v) is 8.61. The van der Waals surface area contributed by atoms with Crippen molar-refractivity contribution in [2.45, 2.75) is 39.2 Å². The second kappa shape index (κ2) is 9.56. The number of carbonyl (C=O) groups excluding carboxylic acids is 2. The van der Waals surface area contributed by atoms with E-state index in [2.05, 4.69) is 17.8 Å². The van der Waals surface area contributed by atoms with Crippen LogP contribution in [0, 0.1) is 5.82 Å². The number of halogens is 1. The maximum atomic E-state index is 13.5. The molecule has 2 rings (SSSR count). The molecule has 1 atom stereocenters. The highest BCUT2D eigenvalue weighted by Gasteiger charge is 2.17. The molecule has 0 radical (unpaired) electrons. The van der Waals surface area contributed by atoms with Gasteiger partial charge in [0.05, 0.1) is 0 Å². The maximum Gasteiger partial charge on any atom is 0.279 e. The van der Waals surface area contributed by atoms with Crippen molar-refractivity contribution in [3.8, 4) is 5.75 Å². The third-order valence-electron chi connectivity index (χ3n) is 3.84. The van der Waals surface area contributed by atoms with E-state index in [1.807, 2.05) is 12.1 Å². The summed E-state index contributed by atoms with van der Waals surface area (Å²) in [7, 11) is 0. The van der Waals surface area contributed by atoms with Crippen LogP contribution in [0.4, 0.5) is 4.39 Å². The van der Waals surface area contributed by atoms with Gasteiger partial charge in [-0.25, -0.2) is 4.39 Å². The molecule has 0 bridgehead atoms. The minimum absolute atomic E-state index is 0.0239. The van der Waals surface area contributed by atoms with Gasteiger partial charge in [0.25, 0.3) is 11.8 Å². The molecule has 138 valence electrons. The summed E-state index contributed by atoms with van der Waals surface area (Å²) >= 11 is 0. The Balaban J connectivity index is 1.84. The summed E-state index contributed by atoms with van der Waals surface area (Å²) in [5.74, 6) is -1.59. The van der Waals surface area contributed by atoms with Crippen LogP contribution < -0.4 is 15.6 Å². The first-order valence-electron chi connectivity index (χ1n) is 8.61. The Kier molecular flexibility index (Phi) is 7.14. The molecule has 0 fully saturated rings. The van der Waals surface area contributed by atoms with Crippen LogP contribution in [0.15, 0.2) is 48.5 Å². The number of rotatable bonds is 7. The van der Waals surface area contributed by atoms with Gasteiger partial charge in [-0.2, -0.15) is 0 Å². The Bertz CT molecular complexity index is 747. The van der Waals surface area contributed by atoms with Crippen molar-refractivity contribution in [2.75, 3.05) is 0 Å². The van der Waals surface area contributed by atoms with Crippen molar-refractivity contribution in [1.82, 2.24) is 10.9 Å². The Morgan fingerprint density at radius 3 is 2.42 bits per heavy atom. The number of hydrogen-bond acceptors (Lipinski definition) is 3.